The fourth-order valence-corrected chi connectivity index (χ4v) is 3.53. The third kappa shape index (κ3) is 2.23. The van der Waals surface area contributed by atoms with Crippen LogP contribution in [0.2, 0.25) is 0 Å². The van der Waals surface area contributed by atoms with E-state index in [9.17, 15) is 0 Å². The van der Waals surface area contributed by atoms with Gasteiger partial charge in [0.05, 0.1) is 5.54 Å². The molecule has 2 nitrogen and oxygen atoms in total. The number of thiazole rings is 1. The number of rotatable bonds is 3. The SMILES string of the molecule is CC1CCC(NC(C)C)(c2nccs2)C1. The molecule has 1 aromatic rings. The van der Waals surface area contributed by atoms with Crippen molar-refractivity contribution in [1.82, 2.24) is 10.3 Å². The van der Waals surface area contributed by atoms with Crippen molar-refractivity contribution < 1.29 is 0 Å². The van der Waals surface area contributed by atoms with Crippen molar-refractivity contribution in [3.63, 3.8) is 0 Å². The van der Waals surface area contributed by atoms with Gasteiger partial charge in [0.1, 0.15) is 5.01 Å². The van der Waals surface area contributed by atoms with Crippen LogP contribution in [0.5, 0.6) is 0 Å². The van der Waals surface area contributed by atoms with Gasteiger partial charge in [-0.1, -0.05) is 6.92 Å². The summed E-state index contributed by atoms with van der Waals surface area (Å²) in [4.78, 5) is 4.51. The van der Waals surface area contributed by atoms with Crippen molar-refractivity contribution in [2.45, 2.75) is 51.6 Å². The molecule has 1 N–H and O–H groups in total. The second-order valence-corrected chi connectivity index (χ2v) is 5.96. The minimum absolute atomic E-state index is 0.168. The van der Waals surface area contributed by atoms with Crippen LogP contribution < -0.4 is 5.32 Å². The van der Waals surface area contributed by atoms with Gasteiger partial charge < -0.3 is 5.32 Å². The lowest BCUT2D eigenvalue weighted by Crippen LogP contribution is -2.44. The molecule has 1 aliphatic carbocycles. The predicted octanol–water partition coefficient (Wildman–Crippen LogP) is 3.16. The first-order valence-electron chi connectivity index (χ1n) is 5.80. The topological polar surface area (TPSA) is 24.9 Å². The smallest absolute Gasteiger partial charge is 0.113 e. The van der Waals surface area contributed by atoms with E-state index in [0.717, 1.165) is 5.92 Å². The van der Waals surface area contributed by atoms with Crippen LogP contribution in [0.3, 0.4) is 0 Å². The van der Waals surface area contributed by atoms with Gasteiger partial charge in [0, 0.05) is 17.6 Å². The summed E-state index contributed by atoms with van der Waals surface area (Å²) in [6.45, 7) is 6.79. The Morgan fingerprint density at radius 3 is 2.87 bits per heavy atom. The van der Waals surface area contributed by atoms with Crippen LogP contribution in [-0.4, -0.2) is 11.0 Å². The van der Waals surface area contributed by atoms with E-state index >= 15 is 0 Å². The molecular weight excluding hydrogens is 204 g/mol. The Bertz CT molecular complexity index is 307. The molecule has 0 amide bonds. The van der Waals surface area contributed by atoms with Crippen molar-refractivity contribution in [3.05, 3.63) is 16.6 Å². The summed E-state index contributed by atoms with van der Waals surface area (Å²) in [7, 11) is 0. The van der Waals surface area contributed by atoms with Gasteiger partial charge in [0.15, 0.2) is 0 Å². The lowest BCUT2D eigenvalue weighted by molar-refractivity contribution is 0.302. The highest BCUT2D eigenvalue weighted by molar-refractivity contribution is 7.09. The van der Waals surface area contributed by atoms with Crippen LogP contribution in [0.25, 0.3) is 0 Å². The molecule has 0 spiro atoms. The summed E-state index contributed by atoms with van der Waals surface area (Å²) in [5.74, 6) is 0.820. The summed E-state index contributed by atoms with van der Waals surface area (Å²) in [5, 5.41) is 7.10. The van der Waals surface area contributed by atoms with Crippen LogP contribution in [0, 0.1) is 5.92 Å². The highest BCUT2D eigenvalue weighted by atomic mass is 32.1. The largest absolute Gasteiger partial charge is 0.303 e. The van der Waals surface area contributed by atoms with Gasteiger partial charge in [-0.25, -0.2) is 4.98 Å². The van der Waals surface area contributed by atoms with Crippen LogP contribution in [0.15, 0.2) is 11.6 Å². The van der Waals surface area contributed by atoms with E-state index in [0.29, 0.717) is 6.04 Å². The predicted molar refractivity (Wildman–Crippen MR) is 65.1 cm³/mol. The molecule has 15 heavy (non-hydrogen) atoms. The van der Waals surface area contributed by atoms with E-state index < -0.39 is 0 Å². The summed E-state index contributed by atoms with van der Waals surface area (Å²) in [6, 6.07) is 0.527. The zero-order chi connectivity index (χ0) is 10.9. The first kappa shape index (κ1) is 11.1. The van der Waals surface area contributed by atoms with E-state index in [1.54, 1.807) is 11.3 Å². The maximum atomic E-state index is 4.51. The van der Waals surface area contributed by atoms with Crippen molar-refractivity contribution in [1.29, 1.82) is 0 Å². The zero-order valence-electron chi connectivity index (χ0n) is 9.79. The molecule has 0 aromatic carbocycles. The first-order chi connectivity index (χ1) is 7.12. The molecule has 0 radical (unpaired) electrons. The summed E-state index contributed by atoms with van der Waals surface area (Å²) < 4.78 is 0. The molecule has 2 unspecified atom stereocenters. The van der Waals surface area contributed by atoms with Crippen LogP contribution in [0.1, 0.15) is 45.0 Å². The molecular formula is C12H20N2S. The monoisotopic (exact) mass is 224 g/mol. The van der Waals surface area contributed by atoms with Gasteiger partial charge in [-0.05, 0) is 39.0 Å². The molecule has 2 rings (SSSR count). The molecule has 2 atom stereocenters. The van der Waals surface area contributed by atoms with Gasteiger partial charge >= 0.3 is 0 Å². The molecule has 3 heteroatoms. The van der Waals surface area contributed by atoms with Crippen molar-refractivity contribution in [3.8, 4) is 0 Å². The molecule has 1 heterocycles. The number of hydrogen-bond donors (Lipinski definition) is 1. The minimum Gasteiger partial charge on any atom is -0.303 e. The Hall–Kier alpha value is -0.410. The lowest BCUT2D eigenvalue weighted by Gasteiger charge is -2.31. The van der Waals surface area contributed by atoms with Crippen LogP contribution in [-0.2, 0) is 5.54 Å². The van der Waals surface area contributed by atoms with Crippen LogP contribution in [0.4, 0.5) is 0 Å². The third-order valence-electron chi connectivity index (χ3n) is 3.17. The number of nitrogens with zero attached hydrogens (tertiary/aromatic N) is 1. The van der Waals surface area contributed by atoms with E-state index in [4.69, 9.17) is 0 Å². The number of hydrogen-bond acceptors (Lipinski definition) is 3. The molecule has 0 aliphatic heterocycles. The fourth-order valence-electron chi connectivity index (χ4n) is 2.69. The molecule has 1 aliphatic rings. The van der Waals surface area contributed by atoms with Gasteiger partial charge in [-0.3, -0.25) is 0 Å². The van der Waals surface area contributed by atoms with Crippen molar-refractivity contribution >= 4 is 11.3 Å². The van der Waals surface area contributed by atoms with Gasteiger partial charge in [-0.2, -0.15) is 0 Å². The minimum atomic E-state index is 0.168. The lowest BCUT2D eigenvalue weighted by atomic mass is 9.96. The third-order valence-corrected chi connectivity index (χ3v) is 4.14. The summed E-state index contributed by atoms with van der Waals surface area (Å²) in [5.41, 5.74) is 0.168. The molecule has 1 aromatic heterocycles. The van der Waals surface area contributed by atoms with E-state index in [2.05, 4.69) is 36.5 Å². The summed E-state index contributed by atoms with van der Waals surface area (Å²) >= 11 is 1.79. The van der Waals surface area contributed by atoms with E-state index in [-0.39, 0.29) is 5.54 Å². The number of aromatic nitrogens is 1. The van der Waals surface area contributed by atoms with Crippen molar-refractivity contribution in [2.75, 3.05) is 0 Å². The fraction of sp³-hybridized carbons (Fsp3) is 0.750. The maximum absolute atomic E-state index is 4.51. The van der Waals surface area contributed by atoms with Crippen molar-refractivity contribution in [2.24, 2.45) is 5.92 Å². The molecule has 1 fully saturated rings. The standard InChI is InChI=1S/C12H20N2S/c1-9(2)14-12(5-4-10(3)8-12)11-13-6-7-15-11/h6-7,9-10,14H,4-5,8H2,1-3H3. The van der Waals surface area contributed by atoms with Crippen LogP contribution >= 0.6 is 11.3 Å². The summed E-state index contributed by atoms with van der Waals surface area (Å²) in [6.07, 6.45) is 5.71. The average molecular weight is 224 g/mol. The zero-order valence-corrected chi connectivity index (χ0v) is 10.6. The highest BCUT2D eigenvalue weighted by Gasteiger charge is 2.41. The second-order valence-electron chi connectivity index (χ2n) is 5.07. The number of nitrogens with one attached hydrogen (secondary N) is 1. The Morgan fingerprint density at radius 2 is 2.40 bits per heavy atom. The van der Waals surface area contributed by atoms with Gasteiger partial charge in [-0.15, -0.1) is 11.3 Å². The molecule has 1 saturated carbocycles. The molecule has 0 saturated heterocycles. The van der Waals surface area contributed by atoms with E-state index in [1.807, 2.05) is 6.20 Å². The molecule has 84 valence electrons. The Morgan fingerprint density at radius 1 is 1.60 bits per heavy atom. The normalized spacial score (nSPS) is 31.3. The quantitative estimate of drug-likeness (QED) is 0.853. The second kappa shape index (κ2) is 4.22. The maximum Gasteiger partial charge on any atom is 0.113 e. The average Bonchev–Trinajstić information content (AvgIpc) is 2.74. The Kier molecular flexibility index (Phi) is 3.12. The highest BCUT2D eigenvalue weighted by Crippen LogP contribution is 2.42. The first-order valence-corrected chi connectivity index (χ1v) is 6.68. The Labute approximate surface area is 96.1 Å². The van der Waals surface area contributed by atoms with E-state index in [1.165, 1.54) is 24.3 Å². The Balaban J connectivity index is 2.24. The van der Waals surface area contributed by atoms with Gasteiger partial charge in [0.25, 0.3) is 0 Å². The molecule has 0 bridgehead atoms. The van der Waals surface area contributed by atoms with Gasteiger partial charge in [0.2, 0.25) is 0 Å².